The normalized spacial score (nSPS) is 15.5. The molecule has 1 aliphatic rings. The van der Waals surface area contributed by atoms with Crippen LogP contribution in [0.5, 0.6) is 5.75 Å². The van der Waals surface area contributed by atoms with Gasteiger partial charge < -0.3 is 9.64 Å². The molecule has 1 aromatic carbocycles. The zero-order valence-corrected chi connectivity index (χ0v) is 11.5. The average molecular weight is 265 g/mol. The van der Waals surface area contributed by atoms with Crippen molar-refractivity contribution in [3.8, 4) is 5.75 Å². The van der Waals surface area contributed by atoms with Crippen molar-refractivity contribution >= 4 is 5.91 Å². The Morgan fingerprint density at radius 2 is 2.11 bits per heavy atom. The first kappa shape index (κ1) is 13.8. The second kappa shape index (κ2) is 6.04. The topological polar surface area (TPSA) is 29.5 Å². The summed E-state index contributed by atoms with van der Waals surface area (Å²) in [6.45, 7) is 2.56. The molecule has 0 radical (unpaired) electrons. The first-order chi connectivity index (χ1) is 9.17. The van der Waals surface area contributed by atoms with Crippen molar-refractivity contribution in [2.45, 2.75) is 38.6 Å². The number of rotatable bonds is 4. The summed E-state index contributed by atoms with van der Waals surface area (Å²) in [4.78, 5) is 14.2. The Morgan fingerprint density at radius 3 is 2.63 bits per heavy atom. The molecule has 0 bridgehead atoms. The summed E-state index contributed by atoms with van der Waals surface area (Å²) < 4.78 is 18.9. The molecule has 1 fully saturated rings. The Bertz CT molecular complexity index is 455. The van der Waals surface area contributed by atoms with Crippen molar-refractivity contribution in [1.29, 1.82) is 0 Å². The first-order valence-electron chi connectivity index (χ1n) is 6.82. The molecule has 0 spiro atoms. The molecule has 3 nitrogen and oxygen atoms in total. The minimum atomic E-state index is -0.513. The van der Waals surface area contributed by atoms with E-state index in [1.54, 1.807) is 11.0 Å². The molecule has 19 heavy (non-hydrogen) atoms. The molecule has 4 heteroatoms. The van der Waals surface area contributed by atoms with Gasteiger partial charge in [-0.2, -0.15) is 0 Å². The van der Waals surface area contributed by atoms with Gasteiger partial charge in [0.1, 0.15) is 11.6 Å². The lowest BCUT2D eigenvalue weighted by Gasteiger charge is -2.28. The van der Waals surface area contributed by atoms with Gasteiger partial charge in [0.05, 0.1) is 12.7 Å². The molecule has 1 aromatic rings. The van der Waals surface area contributed by atoms with E-state index in [1.165, 1.54) is 19.2 Å². The zero-order chi connectivity index (χ0) is 13.8. The largest absolute Gasteiger partial charge is 0.497 e. The summed E-state index contributed by atoms with van der Waals surface area (Å²) >= 11 is 0. The molecule has 1 saturated carbocycles. The van der Waals surface area contributed by atoms with Gasteiger partial charge in [0.15, 0.2) is 0 Å². The molecule has 0 N–H and O–H groups in total. The summed E-state index contributed by atoms with van der Waals surface area (Å²) in [5.74, 6) is -0.298. The lowest BCUT2D eigenvalue weighted by atomic mass is 10.1. The number of nitrogens with zero attached hydrogens (tertiary/aromatic N) is 1. The Hall–Kier alpha value is -1.58. The lowest BCUT2D eigenvalue weighted by molar-refractivity contribution is 0.0688. The number of carbonyl (C=O) groups excluding carboxylic acids is 1. The van der Waals surface area contributed by atoms with Crippen LogP contribution in [-0.4, -0.2) is 30.5 Å². The molecule has 0 heterocycles. The molecular weight excluding hydrogens is 245 g/mol. The SMILES string of the molecule is CCN(C(=O)c1ccc(OC)cc1F)C1CCCC1. The molecule has 0 unspecified atom stereocenters. The van der Waals surface area contributed by atoms with Crippen LogP contribution >= 0.6 is 0 Å². The second-order valence-electron chi connectivity index (χ2n) is 4.88. The van der Waals surface area contributed by atoms with Crippen LogP contribution in [0.1, 0.15) is 43.0 Å². The van der Waals surface area contributed by atoms with E-state index in [4.69, 9.17) is 4.74 Å². The Kier molecular flexibility index (Phi) is 4.40. The second-order valence-corrected chi connectivity index (χ2v) is 4.88. The highest BCUT2D eigenvalue weighted by Gasteiger charge is 2.27. The number of ether oxygens (including phenoxy) is 1. The predicted molar refractivity (Wildman–Crippen MR) is 71.9 cm³/mol. The molecule has 104 valence electrons. The van der Waals surface area contributed by atoms with E-state index in [0.717, 1.165) is 25.7 Å². The number of benzene rings is 1. The van der Waals surface area contributed by atoms with E-state index < -0.39 is 5.82 Å². The third kappa shape index (κ3) is 2.88. The number of halogens is 1. The molecule has 1 aliphatic carbocycles. The fraction of sp³-hybridized carbons (Fsp3) is 0.533. The highest BCUT2D eigenvalue weighted by molar-refractivity contribution is 5.94. The van der Waals surface area contributed by atoms with Crippen LogP contribution in [0.3, 0.4) is 0 Å². The van der Waals surface area contributed by atoms with E-state index in [-0.39, 0.29) is 17.5 Å². The third-order valence-corrected chi connectivity index (χ3v) is 3.77. The lowest BCUT2D eigenvalue weighted by Crippen LogP contribution is -2.39. The molecule has 2 rings (SSSR count). The molecule has 0 aliphatic heterocycles. The van der Waals surface area contributed by atoms with E-state index in [0.29, 0.717) is 12.3 Å². The summed E-state index contributed by atoms with van der Waals surface area (Å²) in [7, 11) is 1.48. The minimum Gasteiger partial charge on any atom is -0.497 e. The maximum absolute atomic E-state index is 13.9. The zero-order valence-electron chi connectivity index (χ0n) is 11.5. The van der Waals surface area contributed by atoms with Crippen molar-refractivity contribution in [1.82, 2.24) is 4.90 Å². The van der Waals surface area contributed by atoms with Crippen LogP contribution in [0.2, 0.25) is 0 Å². The first-order valence-corrected chi connectivity index (χ1v) is 6.82. The van der Waals surface area contributed by atoms with Crippen LogP contribution in [0.25, 0.3) is 0 Å². The van der Waals surface area contributed by atoms with E-state index >= 15 is 0 Å². The predicted octanol–water partition coefficient (Wildman–Crippen LogP) is 3.24. The van der Waals surface area contributed by atoms with Crippen LogP contribution in [0, 0.1) is 5.82 Å². The van der Waals surface area contributed by atoms with Gasteiger partial charge in [-0.05, 0) is 31.9 Å². The smallest absolute Gasteiger partial charge is 0.257 e. The molecule has 0 aromatic heterocycles. The molecule has 1 amide bonds. The van der Waals surface area contributed by atoms with E-state index in [1.807, 2.05) is 6.92 Å². The number of amides is 1. The summed E-state index contributed by atoms with van der Waals surface area (Å²) in [5, 5.41) is 0. The standard InChI is InChI=1S/C15H20FNO2/c1-3-17(11-6-4-5-7-11)15(18)13-9-8-12(19-2)10-14(13)16/h8-11H,3-7H2,1-2H3. The third-order valence-electron chi connectivity index (χ3n) is 3.77. The molecule has 0 saturated heterocycles. The molecular formula is C15H20FNO2. The van der Waals surface area contributed by atoms with Crippen molar-refractivity contribution in [3.63, 3.8) is 0 Å². The van der Waals surface area contributed by atoms with Crippen molar-refractivity contribution in [2.24, 2.45) is 0 Å². The van der Waals surface area contributed by atoms with Gasteiger partial charge in [0, 0.05) is 18.7 Å². The van der Waals surface area contributed by atoms with Crippen molar-refractivity contribution < 1.29 is 13.9 Å². The fourth-order valence-corrected chi connectivity index (χ4v) is 2.73. The van der Waals surface area contributed by atoms with Gasteiger partial charge in [-0.25, -0.2) is 4.39 Å². The molecule has 0 atom stereocenters. The Morgan fingerprint density at radius 1 is 1.42 bits per heavy atom. The quantitative estimate of drug-likeness (QED) is 0.836. The van der Waals surface area contributed by atoms with E-state index in [9.17, 15) is 9.18 Å². The van der Waals surface area contributed by atoms with Crippen molar-refractivity contribution in [3.05, 3.63) is 29.6 Å². The Balaban J connectivity index is 2.21. The van der Waals surface area contributed by atoms with Crippen LogP contribution in [0.15, 0.2) is 18.2 Å². The van der Waals surface area contributed by atoms with Crippen LogP contribution in [0.4, 0.5) is 4.39 Å². The van der Waals surface area contributed by atoms with Crippen molar-refractivity contribution in [2.75, 3.05) is 13.7 Å². The van der Waals surface area contributed by atoms with Gasteiger partial charge in [-0.15, -0.1) is 0 Å². The highest BCUT2D eigenvalue weighted by atomic mass is 19.1. The maximum atomic E-state index is 13.9. The van der Waals surface area contributed by atoms with Crippen LogP contribution < -0.4 is 4.74 Å². The van der Waals surface area contributed by atoms with E-state index in [2.05, 4.69) is 0 Å². The number of carbonyl (C=O) groups is 1. The minimum absolute atomic E-state index is 0.134. The summed E-state index contributed by atoms with van der Waals surface area (Å²) in [6, 6.07) is 4.65. The highest BCUT2D eigenvalue weighted by Crippen LogP contribution is 2.26. The number of methoxy groups -OCH3 is 1. The summed E-state index contributed by atoms with van der Waals surface area (Å²) in [6.07, 6.45) is 4.35. The van der Waals surface area contributed by atoms with Gasteiger partial charge >= 0.3 is 0 Å². The number of hydrogen-bond donors (Lipinski definition) is 0. The van der Waals surface area contributed by atoms with Gasteiger partial charge in [-0.1, -0.05) is 12.8 Å². The van der Waals surface area contributed by atoms with Gasteiger partial charge in [-0.3, -0.25) is 4.79 Å². The van der Waals surface area contributed by atoms with Gasteiger partial charge in [0.2, 0.25) is 0 Å². The Labute approximate surface area is 113 Å². The number of hydrogen-bond acceptors (Lipinski definition) is 2. The average Bonchev–Trinajstić information content (AvgIpc) is 2.93. The maximum Gasteiger partial charge on any atom is 0.257 e. The fourth-order valence-electron chi connectivity index (χ4n) is 2.73. The van der Waals surface area contributed by atoms with Crippen LogP contribution in [-0.2, 0) is 0 Å². The monoisotopic (exact) mass is 265 g/mol. The summed E-state index contributed by atoms with van der Waals surface area (Å²) in [5.41, 5.74) is 0.134. The van der Waals surface area contributed by atoms with Gasteiger partial charge in [0.25, 0.3) is 5.91 Å².